The second-order valence-electron chi connectivity index (χ2n) is 5.40. The first kappa shape index (κ1) is 17.8. The van der Waals surface area contributed by atoms with Crippen molar-refractivity contribution in [1.29, 1.82) is 0 Å². The summed E-state index contributed by atoms with van der Waals surface area (Å²) in [6, 6.07) is 2.01. The minimum Gasteiger partial charge on any atom is -0.455 e. The minimum atomic E-state index is -0.448. The largest absolute Gasteiger partial charge is 0.455 e. The van der Waals surface area contributed by atoms with Gasteiger partial charge in [0.2, 0.25) is 5.91 Å². The van der Waals surface area contributed by atoms with Gasteiger partial charge in [-0.1, -0.05) is 0 Å². The number of amides is 1. The third-order valence-corrected chi connectivity index (χ3v) is 6.30. The molecule has 130 valence electrons. The number of esters is 1. The van der Waals surface area contributed by atoms with Gasteiger partial charge in [0.1, 0.15) is 16.6 Å². The van der Waals surface area contributed by atoms with Crippen LogP contribution in [-0.2, 0) is 16.1 Å². The number of carbonyl (C=O) groups excluding carboxylic acids is 2. The van der Waals surface area contributed by atoms with Crippen LogP contribution in [0.15, 0.2) is 22.2 Å². The Balaban J connectivity index is 1.72. The number of carbonyl (C=O) groups is 2. The van der Waals surface area contributed by atoms with Gasteiger partial charge in [-0.2, -0.15) is 11.3 Å². The molecule has 0 aromatic carbocycles. The molecule has 0 saturated carbocycles. The molecule has 0 atom stereocenters. The van der Waals surface area contributed by atoms with E-state index in [9.17, 15) is 9.59 Å². The lowest BCUT2D eigenvalue weighted by molar-refractivity contribution is -0.114. The molecule has 1 N–H and O–H groups in total. The van der Waals surface area contributed by atoms with E-state index in [0.29, 0.717) is 16.3 Å². The number of anilines is 1. The number of thiophene rings is 2. The zero-order valence-electron chi connectivity index (χ0n) is 13.9. The Labute approximate surface area is 157 Å². The van der Waals surface area contributed by atoms with Crippen LogP contribution in [0.2, 0.25) is 0 Å². The SMILES string of the molecule is CC(=O)Nc1sc(C)c(C)c1C(=O)OCc1csc(-c2ccsc2)n1. The monoisotopic (exact) mass is 392 g/mol. The fourth-order valence-corrected chi connectivity index (χ4v) is 4.84. The molecular formula is C17H16N2O3S3. The summed E-state index contributed by atoms with van der Waals surface area (Å²) in [6.45, 7) is 5.29. The fraction of sp³-hybridized carbons (Fsp3) is 0.235. The summed E-state index contributed by atoms with van der Waals surface area (Å²) in [5, 5.41) is 10.1. The molecule has 3 rings (SSSR count). The number of hydrogen-bond donors (Lipinski definition) is 1. The Morgan fingerprint density at radius 1 is 1.28 bits per heavy atom. The normalized spacial score (nSPS) is 10.7. The summed E-state index contributed by atoms with van der Waals surface area (Å²) in [6.07, 6.45) is 0. The Hall–Kier alpha value is -2.03. The first-order valence-electron chi connectivity index (χ1n) is 7.47. The van der Waals surface area contributed by atoms with E-state index in [4.69, 9.17) is 4.74 Å². The van der Waals surface area contributed by atoms with Gasteiger partial charge in [0, 0.05) is 28.1 Å². The summed E-state index contributed by atoms with van der Waals surface area (Å²) < 4.78 is 5.42. The van der Waals surface area contributed by atoms with Crippen LogP contribution in [0, 0.1) is 13.8 Å². The highest BCUT2D eigenvalue weighted by Crippen LogP contribution is 2.33. The molecule has 0 fully saturated rings. The molecule has 5 nitrogen and oxygen atoms in total. The fourth-order valence-electron chi connectivity index (χ4n) is 2.22. The van der Waals surface area contributed by atoms with Gasteiger partial charge < -0.3 is 10.1 Å². The highest BCUT2D eigenvalue weighted by molar-refractivity contribution is 7.16. The van der Waals surface area contributed by atoms with Crippen molar-refractivity contribution in [3.8, 4) is 10.6 Å². The van der Waals surface area contributed by atoms with Crippen molar-refractivity contribution in [1.82, 2.24) is 4.98 Å². The summed E-state index contributed by atoms with van der Waals surface area (Å²) >= 11 is 4.52. The highest BCUT2D eigenvalue weighted by Gasteiger charge is 2.22. The van der Waals surface area contributed by atoms with Crippen molar-refractivity contribution in [2.45, 2.75) is 27.4 Å². The number of thiazole rings is 1. The zero-order valence-corrected chi connectivity index (χ0v) is 16.4. The van der Waals surface area contributed by atoms with Gasteiger partial charge in [-0.05, 0) is 30.9 Å². The third-order valence-electron chi connectivity index (χ3n) is 3.55. The molecule has 0 aliphatic heterocycles. The minimum absolute atomic E-state index is 0.104. The first-order chi connectivity index (χ1) is 12.0. The maximum atomic E-state index is 12.5. The summed E-state index contributed by atoms with van der Waals surface area (Å²) in [4.78, 5) is 29.3. The van der Waals surface area contributed by atoms with Crippen LogP contribution in [0.5, 0.6) is 0 Å². The van der Waals surface area contributed by atoms with Crippen LogP contribution >= 0.6 is 34.0 Å². The second-order valence-corrected chi connectivity index (χ2v) is 8.26. The molecule has 0 bridgehead atoms. The smallest absolute Gasteiger partial charge is 0.341 e. The van der Waals surface area contributed by atoms with Crippen molar-refractivity contribution in [2.24, 2.45) is 0 Å². The number of aromatic nitrogens is 1. The van der Waals surface area contributed by atoms with Crippen molar-refractivity contribution in [3.05, 3.63) is 43.9 Å². The van der Waals surface area contributed by atoms with Crippen LogP contribution in [-0.4, -0.2) is 16.9 Å². The molecule has 0 spiro atoms. The van der Waals surface area contributed by atoms with E-state index in [0.717, 1.165) is 21.0 Å². The Bertz CT molecular complexity index is 910. The lowest BCUT2D eigenvalue weighted by atomic mass is 10.1. The van der Waals surface area contributed by atoms with Crippen LogP contribution in [0.25, 0.3) is 10.6 Å². The second kappa shape index (κ2) is 7.47. The predicted octanol–water partition coefficient (Wildman–Crippen LogP) is 4.87. The van der Waals surface area contributed by atoms with E-state index >= 15 is 0 Å². The molecular weight excluding hydrogens is 376 g/mol. The van der Waals surface area contributed by atoms with Gasteiger partial charge in [0.15, 0.2) is 0 Å². The van der Waals surface area contributed by atoms with Crippen LogP contribution < -0.4 is 5.32 Å². The van der Waals surface area contributed by atoms with E-state index in [-0.39, 0.29) is 12.5 Å². The van der Waals surface area contributed by atoms with Crippen LogP contribution in [0.4, 0.5) is 5.00 Å². The number of nitrogens with zero attached hydrogens (tertiary/aromatic N) is 1. The zero-order chi connectivity index (χ0) is 18.0. The van der Waals surface area contributed by atoms with Gasteiger partial charge in [0.05, 0.1) is 11.3 Å². The lowest BCUT2D eigenvalue weighted by Gasteiger charge is -2.06. The number of ether oxygens (including phenoxy) is 1. The highest BCUT2D eigenvalue weighted by atomic mass is 32.1. The first-order valence-corrected chi connectivity index (χ1v) is 10.1. The molecule has 3 aromatic heterocycles. The molecule has 0 aliphatic rings. The number of aryl methyl sites for hydroxylation is 1. The third kappa shape index (κ3) is 3.97. The van der Waals surface area contributed by atoms with E-state index in [1.165, 1.54) is 29.6 Å². The van der Waals surface area contributed by atoms with E-state index < -0.39 is 5.97 Å². The molecule has 0 radical (unpaired) electrons. The number of nitrogens with one attached hydrogen (secondary N) is 1. The quantitative estimate of drug-likeness (QED) is 0.629. The molecule has 0 aliphatic carbocycles. The molecule has 3 aromatic rings. The van der Waals surface area contributed by atoms with Crippen molar-refractivity contribution >= 4 is 50.9 Å². The summed E-state index contributed by atoms with van der Waals surface area (Å²) in [5.41, 5.74) is 3.04. The van der Waals surface area contributed by atoms with Gasteiger partial charge in [-0.15, -0.1) is 22.7 Å². The Morgan fingerprint density at radius 3 is 2.76 bits per heavy atom. The van der Waals surface area contributed by atoms with E-state index in [2.05, 4.69) is 10.3 Å². The average Bonchev–Trinajstić information content (AvgIpc) is 3.27. The molecule has 0 saturated heterocycles. The van der Waals surface area contributed by atoms with Gasteiger partial charge >= 0.3 is 5.97 Å². The Kier molecular flexibility index (Phi) is 5.31. The van der Waals surface area contributed by atoms with Crippen molar-refractivity contribution in [2.75, 3.05) is 5.32 Å². The summed E-state index contributed by atoms with van der Waals surface area (Å²) in [5.74, 6) is -0.661. The van der Waals surface area contributed by atoms with Crippen molar-refractivity contribution < 1.29 is 14.3 Å². The van der Waals surface area contributed by atoms with Gasteiger partial charge in [-0.25, -0.2) is 9.78 Å². The maximum Gasteiger partial charge on any atom is 0.341 e. The number of rotatable bonds is 5. The molecule has 0 unspecified atom stereocenters. The lowest BCUT2D eigenvalue weighted by Crippen LogP contribution is -2.12. The topological polar surface area (TPSA) is 68.3 Å². The van der Waals surface area contributed by atoms with Crippen LogP contribution in [0.3, 0.4) is 0 Å². The average molecular weight is 393 g/mol. The maximum absolute atomic E-state index is 12.5. The van der Waals surface area contributed by atoms with Crippen LogP contribution in [0.1, 0.15) is 33.4 Å². The molecule has 25 heavy (non-hydrogen) atoms. The predicted molar refractivity (Wildman–Crippen MR) is 103 cm³/mol. The molecule has 3 heterocycles. The van der Waals surface area contributed by atoms with Gasteiger partial charge in [0.25, 0.3) is 0 Å². The van der Waals surface area contributed by atoms with Crippen molar-refractivity contribution in [3.63, 3.8) is 0 Å². The molecule has 8 heteroatoms. The van der Waals surface area contributed by atoms with E-state index in [1.54, 1.807) is 11.3 Å². The number of hydrogen-bond acceptors (Lipinski definition) is 7. The summed E-state index contributed by atoms with van der Waals surface area (Å²) in [7, 11) is 0. The standard InChI is InChI=1S/C17H16N2O3S3/c1-9-10(2)25-16(18-11(3)20)14(9)17(21)22-6-13-8-24-15(19-13)12-4-5-23-7-12/h4-5,7-8H,6H2,1-3H3,(H,18,20). The van der Waals surface area contributed by atoms with Gasteiger partial charge in [-0.3, -0.25) is 4.79 Å². The molecule has 1 amide bonds. The van der Waals surface area contributed by atoms with E-state index in [1.807, 2.05) is 36.1 Å². The Morgan fingerprint density at radius 2 is 2.08 bits per heavy atom.